The second-order valence-corrected chi connectivity index (χ2v) is 6.92. The molecule has 0 unspecified atom stereocenters. The topological polar surface area (TPSA) is 49.4 Å². The van der Waals surface area contributed by atoms with E-state index < -0.39 is 15.8 Å². The average Bonchev–Trinajstić information content (AvgIpc) is 2.36. The normalized spacial score (nSPS) is 12.1. The second-order valence-electron chi connectivity index (χ2n) is 4.53. The summed E-state index contributed by atoms with van der Waals surface area (Å²) in [4.78, 5) is 0. The van der Waals surface area contributed by atoms with Crippen molar-refractivity contribution < 1.29 is 12.8 Å². The van der Waals surface area contributed by atoms with Gasteiger partial charge in [-0.15, -0.1) is 0 Å². The van der Waals surface area contributed by atoms with Crippen LogP contribution in [0.2, 0.25) is 5.02 Å². The van der Waals surface area contributed by atoms with Gasteiger partial charge in [-0.25, -0.2) is 17.1 Å². The molecule has 114 valence electrons. The van der Waals surface area contributed by atoms with Gasteiger partial charge in [-0.3, -0.25) is 0 Å². The molecule has 7 heteroatoms. The Balaban J connectivity index is 2.30. The highest BCUT2D eigenvalue weighted by molar-refractivity contribution is 7.88. The molecule has 0 saturated carbocycles. The lowest BCUT2D eigenvalue weighted by Crippen LogP contribution is -2.32. The standard InChI is InChI=1S/C13H20ClFN2O2S/c1-3-17(20(2,18)19)8-4-7-16-10-11-5-6-12(14)13(15)9-11/h5-6,9,16H,3-4,7-8,10H2,1-2H3. The van der Waals surface area contributed by atoms with Gasteiger partial charge in [0.1, 0.15) is 5.82 Å². The molecule has 0 heterocycles. The predicted molar refractivity (Wildman–Crippen MR) is 79.8 cm³/mol. The number of benzene rings is 1. The fraction of sp³-hybridized carbons (Fsp3) is 0.538. The quantitative estimate of drug-likeness (QED) is 0.747. The van der Waals surface area contributed by atoms with Crippen LogP contribution < -0.4 is 5.32 Å². The molecule has 0 atom stereocenters. The summed E-state index contributed by atoms with van der Waals surface area (Å²) in [6.45, 7) is 3.96. The van der Waals surface area contributed by atoms with Gasteiger partial charge in [-0.1, -0.05) is 24.6 Å². The molecule has 0 aliphatic carbocycles. The van der Waals surface area contributed by atoms with Crippen molar-refractivity contribution in [2.75, 3.05) is 25.9 Å². The molecule has 0 bridgehead atoms. The van der Waals surface area contributed by atoms with Crippen LogP contribution in [0.4, 0.5) is 4.39 Å². The summed E-state index contributed by atoms with van der Waals surface area (Å²) in [6.07, 6.45) is 1.91. The Morgan fingerprint density at radius 3 is 2.65 bits per heavy atom. The number of hydrogen-bond donors (Lipinski definition) is 1. The number of nitrogens with one attached hydrogen (secondary N) is 1. The summed E-state index contributed by atoms with van der Waals surface area (Å²) < 4.78 is 37.4. The van der Waals surface area contributed by atoms with Crippen LogP contribution in [0, 0.1) is 5.82 Å². The predicted octanol–water partition coefficient (Wildman–Crippen LogP) is 2.24. The van der Waals surface area contributed by atoms with Gasteiger partial charge < -0.3 is 5.32 Å². The van der Waals surface area contributed by atoms with E-state index in [4.69, 9.17) is 11.6 Å². The molecule has 0 saturated heterocycles. The first-order valence-corrected chi connectivity index (χ1v) is 8.67. The van der Waals surface area contributed by atoms with E-state index in [1.807, 2.05) is 6.92 Å². The Hall–Kier alpha value is -0.690. The molecule has 0 radical (unpaired) electrons. The van der Waals surface area contributed by atoms with Crippen molar-refractivity contribution in [1.82, 2.24) is 9.62 Å². The fourth-order valence-electron chi connectivity index (χ4n) is 1.82. The minimum atomic E-state index is -3.12. The number of nitrogens with zero attached hydrogens (tertiary/aromatic N) is 1. The fourth-order valence-corrected chi connectivity index (χ4v) is 2.87. The van der Waals surface area contributed by atoms with E-state index in [9.17, 15) is 12.8 Å². The molecular formula is C13H20ClFN2O2S. The molecule has 4 nitrogen and oxygen atoms in total. The summed E-state index contributed by atoms with van der Waals surface area (Å²) in [5.74, 6) is -0.430. The number of halogens is 2. The molecule has 0 aromatic heterocycles. The van der Waals surface area contributed by atoms with E-state index in [-0.39, 0.29) is 5.02 Å². The molecule has 0 amide bonds. The van der Waals surface area contributed by atoms with Gasteiger partial charge in [0.05, 0.1) is 11.3 Å². The van der Waals surface area contributed by atoms with Crippen molar-refractivity contribution in [1.29, 1.82) is 0 Å². The molecular weight excluding hydrogens is 303 g/mol. The summed E-state index contributed by atoms with van der Waals surface area (Å²) in [5, 5.41) is 3.26. The van der Waals surface area contributed by atoms with E-state index in [0.29, 0.717) is 32.6 Å². The van der Waals surface area contributed by atoms with Gasteiger partial charge in [-0.05, 0) is 30.7 Å². The zero-order chi connectivity index (χ0) is 15.2. The lowest BCUT2D eigenvalue weighted by molar-refractivity contribution is 0.419. The highest BCUT2D eigenvalue weighted by Gasteiger charge is 2.12. The van der Waals surface area contributed by atoms with Crippen LogP contribution in [-0.2, 0) is 16.6 Å². The van der Waals surface area contributed by atoms with E-state index in [1.54, 1.807) is 6.07 Å². The SMILES string of the molecule is CCN(CCCNCc1ccc(Cl)c(F)c1)S(C)(=O)=O. The third kappa shape index (κ3) is 5.75. The van der Waals surface area contributed by atoms with Gasteiger partial charge in [-0.2, -0.15) is 0 Å². The zero-order valence-corrected chi connectivity index (χ0v) is 13.3. The highest BCUT2D eigenvalue weighted by Crippen LogP contribution is 2.15. The summed E-state index contributed by atoms with van der Waals surface area (Å²) in [7, 11) is -3.12. The Morgan fingerprint density at radius 1 is 1.40 bits per heavy atom. The Labute approximate surface area is 125 Å². The molecule has 1 aromatic rings. The lowest BCUT2D eigenvalue weighted by Gasteiger charge is -2.17. The van der Waals surface area contributed by atoms with Crippen LogP contribution in [-0.4, -0.2) is 38.6 Å². The van der Waals surface area contributed by atoms with Gasteiger partial charge in [0.15, 0.2) is 0 Å². The molecule has 1 aromatic carbocycles. The third-order valence-electron chi connectivity index (χ3n) is 2.90. The monoisotopic (exact) mass is 322 g/mol. The van der Waals surface area contributed by atoms with Crippen molar-refractivity contribution in [3.63, 3.8) is 0 Å². The minimum Gasteiger partial charge on any atom is -0.313 e. The molecule has 0 fully saturated rings. The summed E-state index contributed by atoms with van der Waals surface area (Å²) in [5.41, 5.74) is 0.808. The van der Waals surface area contributed by atoms with Crippen LogP contribution in [0.1, 0.15) is 18.9 Å². The molecule has 0 spiro atoms. The number of hydrogen-bond acceptors (Lipinski definition) is 3. The third-order valence-corrected chi connectivity index (χ3v) is 4.58. The largest absolute Gasteiger partial charge is 0.313 e. The molecule has 0 aliphatic rings. The molecule has 1 rings (SSSR count). The maximum atomic E-state index is 13.2. The summed E-state index contributed by atoms with van der Waals surface area (Å²) >= 11 is 5.60. The molecule has 1 N–H and O–H groups in total. The van der Waals surface area contributed by atoms with Crippen molar-refractivity contribution >= 4 is 21.6 Å². The van der Waals surface area contributed by atoms with E-state index in [2.05, 4.69) is 5.32 Å². The van der Waals surface area contributed by atoms with E-state index >= 15 is 0 Å². The van der Waals surface area contributed by atoms with E-state index in [1.165, 1.54) is 22.7 Å². The first-order chi connectivity index (χ1) is 9.34. The molecule has 0 aliphatic heterocycles. The first-order valence-electron chi connectivity index (χ1n) is 6.44. The van der Waals surface area contributed by atoms with Gasteiger partial charge in [0.25, 0.3) is 0 Å². The van der Waals surface area contributed by atoms with Crippen LogP contribution in [0.5, 0.6) is 0 Å². The van der Waals surface area contributed by atoms with Gasteiger partial charge in [0, 0.05) is 19.6 Å². The second kappa shape index (κ2) is 7.93. The Bertz CT molecular complexity index is 537. The summed E-state index contributed by atoms with van der Waals surface area (Å²) in [6, 6.07) is 4.67. The smallest absolute Gasteiger partial charge is 0.211 e. The van der Waals surface area contributed by atoms with Gasteiger partial charge in [0.2, 0.25) is 10.0 Å². The van der Waals surface area contributed by atoms with Gasteiger partial charge >= 0.3 is 0 Å². The van der Waals surface area contributed by atoms with Crippen molar-refractivity contribution in [2.24, 2.45) is 0 Å². The maximum Gasteiger partial charge on any atom is 0.211 e. The van der Waals surface area contributed by atoms with Crippen LogP contribution in [0.3, 0.4) is 0 Å². The van der Waals surface area contributed by atoms with Crippen molar-refractivity contribution in [2.45, 2.75) is 19.9 Å². The zero-order valence-electron chi connectivity index (χ0n) is 11.7. The maximum absolute atomic E-state index is 13.2. The Kier molecular flexibility index (Phi) is 6.88. The minimum absolute atomic E-state index is 0.112. The van der Waals surface area contributed by atoms with Crippen LogP contribution >= 0.6 is 11.6 Å². The van der Waals surface area contributed by atoms with Crippen molar-refractivity contribution in [3.05, 3.63) is 34.6 Å². The number of sulfonamides is 1. The number of rotatable bonds is 8. The van der Waals surface area contributed by atoms with Crippen LogP contribution in [0.15, 0.2) is 18.2 Å². The first kappa shape index (κ1) is 17.4. The lowest BCUT2D eigenvalue weighted by atomic mass is 10.2. The average molecular weight is 323 g/mol. The van der Waals surface area contributed by atoms with Crippen LogP contribution in [0.25, 0.3) is 0 Å². The van der Waals surface area contributed by atoms with Crippen molar-refractivity contribution in [3.8, 4) is 0 Å². The Morgan fingerprint density at radius 2 is 2.10 bits per heavy atom. The van der Waals surface area contributed by atoms with E-state index in [0.717, 1.165) is 5.56 Å². The molecule has 20 heavy (non-hydrogen) atoms. The highest BCUT2D eigenvalue weighted by atomic mass is 35.5.